The topological polar surface area (TPSA) is 80.0 Å². The quantitative estimate of drug-likeness (QED) is 0.616. The molecular weight excluding hydrogens is 403 g/mol. The Morgan fingerprint density at radius 1 is 1.27 bits per heavy atom. The third-order valence-corrected chi connectivity index (χ3v) is 4.13. The summed E-state index contributed by atoms with van der Waals surface area (Å²) in [6.07, 6.45) is 0.578. The lowest BCUT2D eigenvalue weighted by Crippen LogP contribution is -2.32. The van der Waals surface area contributed by atoms with Crippen molar-refractivity contribution in [3.05, 3.63) is 64.6 Å². The molecule has 2 N–H and O–H groups in total. The number of benzene rings is 2. The maximum absolute atomic E-state index is 12.9. The second kappa shape index (κ2) is 8.09. The number of carbonyl (C=O) groups excluding carboxylic acids is 1. The first kappa shape index (κ1) is 18.1. The molecule has 0 unspecified atom stereocenters. The van der Waals surface area contributed by atoms with Crippen LogP contribution in [-0.4, -0.2) is 16.2 Å². The number of rotatable bonds is 5. The molecule has 3 aromatic rings. The van der Waals surface area contributed by atoms with Crippen LogP contribution in [0.1, 0.15) is 25.2 Å². The van der Waals surface area contributed by atoms with Crippen molar-refractivity contribution in [1.29, 1.82) is 0 Å². The van der Waals surface area contributed by atoms with Gasteiger partial charge in [0.05, 0.1) is 6.04 Å². The standard InChI is InChI=1S/C18H16BrFN4O2/c1-2-15(22-18(25)21-14-8-6-13(20)7-9-14)16-23-17(26-24-16)11-4-3-5-12(19)10-11/h3-10,15H,2H2,1H3,(H2,21,22,25)/t15-/m0/s1. The van der Waals surface area contributed by atoms with Gasteiger partial charge >= 0.3 is 6.03 Å². The lowest BCUT2D eigenvalue weighted by atomic mass is 10.2. The van der Waals surface area contributed by atoms with E-state index in [9.17, 15) is 9.18 Å². The second-order valence-corrected chi connectivity index (χ2v) is 6.45. The molecule has 0 saturated heterocycles. The molecule has 134 valence electrons. The second-order valence-electron chi connectivity index (χ2n) is 5.53. The SMILES string of the molecule is CC[C@H](NC(=O)Nc1ccc(F)cc1)c1noc(-c2cccc(Br)c2)n1. The Kier molecular flexibility index (Phi) is 5.62. The van der Waals surface area contributed by atoms with Gasteiger partial charge in [0.15, 0.2) is 5.82 Å². The minimum absolute atomic E-state index is 0.366. The first-order valence-electron chi connectivity index (χ1n) is 7.98. The van der Waals surface area contributed by atoms with E-state index in [1.165, 1.54) is 24.3 Å². The van der Waals surface area contributed by atoms with Crippen LogP contribution in [0.5, 0.6) is 0 Å². The Morgan fingerprint density at radius 3 is 2.73 bits per heavy atom. The van der Waals surface area contributed by atoms with Crippen LogP contribution in [0.3, 0.4) is 0 Å². The molecule has 1 heterocycles. The summed E-state index contributed by atoms with van der Waals surface area (Å²) < 4.78 is 19.1. The third kappa shape index (κ3) is 4.45. The van der Waals surface area contributed by atoms with E-state index in [4.69, 9.17) is 4.52 Å². The molecule has 0 fully saturated rings. The maximum atomic E-state index is 12.9. The predicted molar refractivity (Wildman–Crippen MR) is 99.0 cm³/mol. The first-order valence-corrected chi connectivity index (χ1v) is 8.77. The average molecular weight is 419 g/mol. The summed E-state index contributed by atoms with van der Waals surface area (Å²) in [6.45, 7) is 1.90. The molecule has 6 nitrogen and oxygen atoms in total. The fraction of sp³-hybridized carbons (Fsp3) is 0.167. The highest BCUT2D eigenvalue weighted by Crippen LogP contribution is 2.23. The Morgan fingerprint density at radius 2 is 2.04 bits per heavy atom. The molecule has 3 rings (SSSR count). The van der Waals surface area contributed by atoms with E-state index in [-0.39, 0.29) is 5.82 Å². The van der Waals surface area contributed by atoms with E-state index in [0.717, 1.165) is 10.0 Å². The van der Waals surface area contributed by atoms with Crippen LogP contribution in [0, 0.1) is 5.82 Å². The molecule has 2 aromatic carbocycles. The summed E-state index contributed by atoms with van der Waals surface area (Å²) in [6, 6.07) is 12.2. The highest BCUT2D eigenvalue weighted by atomic mass is 79.9. The molecule has 8 heteroatoms. The molecule has 1 aromatic heterocycles. The van der Waals surface area contributed by atoms with E-state index >= 15 is 0 Å². The number of amides is 2. The van der Waals surface area contributed by atoms with Gasteiger partial charge in [0, 0.05) is 15.7 Å². The minimum atomic E-state index is -0.433. The van der Waals surface area contributed by atoms with Crippen molar-refractivity contribution < 1.29 is 13.7 Å². The van der Waals surface area contributed by atoms with Gasteiger partial charge in [-0.05, 0) is 48.9 Å². The van der Waals surface area contributed by atoms with Crippen molar-refractivity contribution >= 4 is 27.6 Å². The number of nitrogens with zero attached hydrogens (tertiary/aromatic N) is 2. The van der Waals surface area contributed by atoms with Crippen molar-refractivity contribution in [2.45, 2.75) is 19.4 Å². The molecule has 2 amide bonds. The molecule has 0 radical (unpaired) electrons. The van der Waals surface area contributed by atoms with Gasteiger partial charge in [-0.15, -0.1) is 0 Å². The highest BCUT2D eigenvalue weighted by Gasteiger charge is 2.19. The minimum Gasteiger partial charge on any atom is -0.334 e. The van der Waals surface area contributed by atoms with E-state index in [2.05, 4.69) is 36.7 Å². The van der Waals surface area contributed by atoms with Gasteiger partial charge < -0.3 is 15.2 Å². The van der Waals surface area contributed by atoms with Crippen LogP contribution in [0.15, 0.2) is 57.5 Å². The zero-order valence-electron chi connectivity index (χ0n) is 13.9. The molecular formula is C18H16BrFN4O2. The molecule has 0 aliphatic carbocycles. The van der Waals surface area contributed by atoms with E-state index in [1.54, 1.807) is 0 Å². The highest BCUT2D eigenvalue weighted by molar-refractivity contribution is 9.10. The Hall–Kier alpha value is -2.74. The smallest absolute Gasteiger partial charge is 0.319 e. The van der Waals surface area contributed by atoms with Crippen molar-refractivity contribution in [3.8, 4) is 11.5 Å². The van der Waals surface area contributed by atoms with Gasteiger partial charge in [0.1, 0.15) is 5.82 Å². The van der Waals surface area contributed by atoms with E-state index < -0.39 is 12.1 Å². The largest absolute Gasteiger partial charge is 0.334 e. The molecule has 1 atom stereocenters. The van der Waals surface area contributed by atoms with E-state index in [1.807, 2.05) is 31.2 Å². The normalized spacial score (nSPS) is 11.8. The lowest BCUT2D eigenvalue weighted by Gasteiger charge is -2.14. The van der Waals surface area contributed by atoms with E-state index in [0.29, 0.717) is 23.8 Å². The van der Waals surface area contributed by atoms with Gasteiger partial charge in [-0.25, -0.2) is 9.18 Å². The fourth-order valence-corrected chi connectivity index (χ4v) is 2.72. The summed E-state index contributed by atoms with van der Waals surface area (Å²) in [7, 11) is 0. The predicted octanol–water partition coefficient (Wildman–Crippen LogP) is 4.91. The maximum Gasteiger partial charge on any atom is 0.319 e. The lowest BCUT2D eigenvalue weighted by molar-refractivity contribution is 0.247. The molecule has 0 spiro atoms. The van der Waals surface area contributed by atoms with Crippen LogP contribution in [0.25, 0.3) is 11.5 Å². The van der Waals surface area contributed by atoms with Crippen LogP contribution < -0.4 is 10.6 Å². The molecule has 0 aliphatic heterocycles. The van der Waals surface area contributed by atoms with Gasteiger partial charge in [-0.2, -0.15) is 4.98 Å². The first-order chi connectivity index (χ1) is 12.5. The van der Waals surface area contributed by atoms with Crippen molar-refractivity contribution in [2.75, 3.05) is 5.32 Å². The number of carbonyl (C=O) groups is 1. The van der Waals surface area contributed by atoms with Crippen molar-refractivity contribution in [2.24, 2.45) is 0 Å². The fourth-order valence-electron chi connectivity index (χ4n) is 2.32. The van der Waals surface area contributed by atoms with Crippen LogP contribution >= 0.6 is 15.9 Å². The zero-order chi connectivity index (χ0) is 18.5. The Bertz CT molecular complexity index is 898. The average Bonchev–Trinajstić information content (AvgIpc) is 3.12. The number of nitrogens with one attached hydrogen (secondary N) is 2. The Labute approximate surface area is 157 Å². The van der Waals surface area contributed by atoms with Gasteiger partial charge in [-0.1, -0.05) is 34.1 Å². The van der Waals surface area contributed by atoms with Gasteiger partial charge in [-0.3, -0.25) is 0 Å². The number of aromatic nitrogens is 2. The van der Waals surface area contributed by atoms with Crippen molar-refractivity contribution in [3.63, 3.8) is 0 Å². The third-order valence-electron chi connectivity index (χ3n) is 3.64. The zero-order valence-corrected chi connectivity index (χ0v) is 15.5. The van der Waals surface area contributed by atoms with Crippen molar-refractivity contribution in [1.82, 2.24) is 15.5 Å². The summed E-state index contributed by atoms with van der Waals surface area (Å²) >= 11 is 3.40. The Balaban J connectivity index is 1.69. The number of halogens is 2. The summed E-state index contributed by atoms with van der Waals surface area (Å²) in [5, 5.41) is 9.40. The van der Waals surface area contributed by atoms with Crippen LogP contribution in [0.4, 0.5) is 14.9 Å². The summed E-state index contributed by atoms with van der Waals surface area (Å²) in [5.74, 6) is 0.395. The number of hydrogen-bond acceptors (Lipinski definition) is 4. The van der Waals surface area contributed by atoms with Gasteiger partial charge in [0.25, 0.3) is 5.89 Å². The summed E-state index contributed by atoms with van der Waals surface area (Å²) in [4.78, 5) is 16.5. The molecule has 26 heavy (non-hydrogen) atoms. The summed E-state index contributed by atoms with van der Waals surface area (Å²) in [5.41, 5.74) is 1.27. The monoisotopic (exact) mass is 418 g/mol. The molecule has 0 bridgehead atoms. The molecule has 0 saturated carbocycles. The van der Waals surface area contributed by atoms with Crippen LogP contribution in [-0.2, 0) is 0 Å². The molecule has 0 aliphatic rings. The van der Waals surface area contributed by atoms with Gasteiger partial charge in [0.2, 0.25) is 0 Å². The number of anilines is 1. The van der Waals surface area contributed by atoms with Crippen LogP contribution in [0.2, 0.25) is 0 Å². The number of hydrogen-bond donors (Lipinski definition) is 2. The number of urea groups is 1.